The fraction of sp³-hybridized carbons (Fsp3) is 0.533. The van der Waals surface area contributed by atoms with E-state index in [-0.39, 0.29) is 5.54 Å². The first-order valence-corrected chi connectivity index (χ1v) is 7.16. The summed E-state index contributed by atoms with van der Waals surface area (Å²) in [5.74, 6) is 0. The second-order valence-electron chi connectivity index (χ2n) is 4.92. The molecule has 2 N–H and O–H groups in total. The van der Waals surface area contributed by atoms with E-state index in [1.807, 2.05) is 25.1 Å². The molecule has 0 amide bonds. The third-order valence-corrected chi connectivity index (χ3v) is 3.12. The van der Waals surface area contributed by atoms with Gasteiger partial charge in [0.25, 0.3) is 0 Å². The lowest BCUT2D eigenvalue weighted by molar-refractivity contribution is 0.145. The largest absolute Gasteiger partial charge is 0.382 e. The number of nitrogens with one attached hydrogen (secondary N) is 2. The molecule has 19 heavy (non-hydrogen) atoms. The summed E-state index contributed by atoms with van der Waals surface area (Å²) >= 11 is 5.32. The molecular weight excluding hydrogens is 256 g/mol. The molecule has 1 aromatic rings. The van der Waals surface area contributed by atoms with Crippen LogP contribution in [-0.2, 0) is 10.3 Å². The number of hydrogen-bond donors (Lipinski definition) is 2. The highest BCUT2D eigenvalue weighted by molar-refractivity contribution is 7.80. The zero-order chi connectivity index (χ0) is 14.1. The Bertz CT molecular complexity index is 379. The number of thiocarbonyl (C=S) groups is 1. The van der Waals surface area contributed by atoms with E-state index in [9.17, 15) is 0 Å². The lowest BCUT2D eigenvalue weighted by atomic mass is 9.95. The van der Waals surface area contributed by atoms with Crippen LogP contribution >= 0.6 is 12.2 Å². The zero-order valence-electron chi connectivity index (χ0n) is 12.0. The summed E-state index contributed by atoms with van der Waals surface area (Å²) in [6.45, 7) is 8.61. The molecule has 1 rings (SSSR count). The number of ether oxygens (including phenoxy) is 1. The summed E-state index contributed by atoms with van der Waals surface area (Å²) < 4.78 is 5.28. The van der Waals surface area contributed by atoms with Gasteiger partial charge in [-0.1, -0.05) is 30.3 Å². The van der Waals surface area contributed by atoms with Crippen LogP contribution < -0.4 is 10.6 Å². The summed E-state index contributed by atoms with van der Waals surface area (Å²) in [5.41, 5.74) is 1.04. The van der Waals surface area contributed by atoms with E-state index < -0.39 is 0 Å². The molecule has 0 heterocycles. The van der Waals surface area contributed by atoms with E-state index >= 15 is 0 Å². The molecule has 4 heteroatoms. The Morgan fingerprint density at radius 3 is 2.58 bits per heavy atom. The van der Waals surface area contributed by atoms with E-state index in [4.69, 9.17) is 17.0 Å². The van der Waals surface area contributed by atoms with E-state index in [1.165, 1.54) is 5.56 Å². The molecule has 3 nitrogen and oxygen atoms in total. The molecule has 0 unspecified atom stereocenters. The lowest BCUT2D eigenvalue weighted by Crippen LogP contribution is -2.46. The summed E-state index contributed by atoms with van der Waals surface area (Å²) in [6, 6.07) is 10.3. The highest BCUT2D eigenvalue weighted by atomic mass is 32.1. The fourth-order valence-corrected chi connectivity index (χ4v) is 2.13. The highest BCUT2D eigenvalue weighted by Crippen LogP contribution is 2.18. The number of rotatable bonds is 7. The van der Waals surface area contributed by atoms with Crippen LogP contribution in [0.3, 0.4) is 0 Å². The van der Waals surface area contributed by atoms with E-state index in [1.54, 1.807) is 0 Å². The van der Waals surface area contributed by atoms with Gasteiger partial charge in [-0.25, -0.2) is 0 Å². The van der Waals surface area contributed by atoms with E-state index in [0.29, 0.717) is 5.11 Å². The first-order valence-electron chi connectivity index (χ1n) is 6.75. The summed E-state index contributed by atoms with van der Waals surface area (Å²) in [7, 11) is 0. The van der Waals surface area contributed by atoms with Crippen molar-refractivity contribution in [1.82, 2.24) is 10.6 Å². The molecular formula is C15H24N2OS. The monoisotopic (exact) mass is 280 g/mol. The van der Waals surface area contributed by atoms with E-state index in [0.717, 1.165) is 26.2 Å². The standard InChI is InChI=1S/C15H24N2OS/c1-4-18-12-8-11-16-14(19)17-15(2,3)13-9-6-5-7-10-13/h5-7,9-10H,4,8,11-12H2,1-3H3,(H2,16,17,19). The molecule has 0 saturated carbocycles. The third-order valence-electron chi connectivity index (χ3n) is 2.88. The van der Waals surface area contributed by atoms with Gasteiger partial charge >= 0.3 is 0 Å². The molecule has 106 valence electrons. The van der Waals surface area contributed by atoms with Crippen molar-refractivity contribution in [3.8, 4) is 0 Å². The normalized spacial score (nSPS) is 11.1. The van der Waals surface area contributed by atoms with Gasteiger partial charge in [-0.15, -0.1) is 0 Å². The van der Waals surface area contributed by atoms with Gasteiger partial charge in [0.1, 0.15) is 0 Å². The van der Waals surface area contributed by atoms with Crippen molar-refractivity contribution in [2.75, 3.05) is 19.8 Å². The van der Waals surface area contributed by atoms with E-state index in [2.05, 4.69) is 36.6 Å². The van der Waals surface area contributed by atoms with Gasteiger partial charge in [0.15, 0.2) is 5.11 Å². The van der Waals surface area contributed by atoms with Gasteiger partial charge in [0, 0.05) is 19.8 Å². The van der Waals surface area contributed by atoms with Crippen LogP contribution in [0.1, 0.15) is 32.8 Å². The maximum absolute atomic E-state index is 5.32. The third kappa shape index (κ3) is 6.03. The number of hydrogen-bond acceptors (Lipinski definition) is 2. The summed E-state index contributed by atoms with van der Waals surface area (Å²) in [4.78, 5) is 0. The second-order valence-corrected chi connectivity index (χ2v) is 5.33. The molecule has 0 aliphatic carbocycles. The van der Waals surface area contributed by atoms with Crippen LogP contribution in [0.15, 0.2) is 30.3 Å². The number of benzene rings is 1. The average Bonchev–Trinajstić information content (AvgIpc) is 2.39. The van der Waals surface area contributed by atoms with Gasteiger partial charge in [-0.05, 0) is 45.0 Å². The van der Waals surface area contributed by atoms with Crippen molar-refractivity contribution in [2.24, 2.45) is 0 Å². The predicted molar refractivity (Wildman–Crippen MR) is 84.3 cm³/mol. The van der Waals surface area contributed by atoms with Gasteiger partial charge in [0.05, 0.1) is 5.54 Å². The lowest BCUT2D eigenvalue weighted by Gasteiger charge is -2.28. The Morgan fingerprint density at radius 1 is 1.26 bits per heavy atom. The van der Waals surface area contributed by atoms with Crippen LogP contribution in [0.4, 0.5) is 0 Å². The fourth-order valence-electron chi connectivity index (χ4n) is 1.78. The molecule has 0 radical (unpaired) electrons. The minimum absolute atomic E-state index is 0.175. The molecule has 1 aromatic carbocycles. The van der Waals surface area contributed by atoms with Gasteiger partial charge < -0.3 is 15.4 Å². The Hall–Kier alpha value is -1.13. The van der Waals surface area contributed by atoms with Gasteiger partial charge in [-0.3, -0.25) is 0 Å². The molecule has 0 atom stereocenters. The maximum atomic E-state index is 5.32. The van der Waals surface area contributed by atoms with Crippen LogP contribution in [0.2, 0.25) is 0 Å². The molecule has 0 aliphatic rings. The minimum Gasteiger partial charge on any atom is -0.382 e. The van der Waals surface area contributed by atoms with Crippen molar-refractivity contribution in [3.63, 3.8) is 0 Å². The van der Waals surface area contributed by atoms with Crippen molar-refractivity contribution in [2.45, 2.75) is 32.7 Å². The topological polar surface area (TPSA) is 33.3 Å². The molecule has 0 aromatic heterocycles. The van der Waals surface area contributed by atoms with Crippen molar-refractivity contribution < 1.29 is 4.74 Å². The SMILES string of the molecule is CCOCCCNC(=S)NC(C)(C)c1ccccc1. The quantitative estimate of drug-likeness (QED) is 0.594. The van der Waals surface area contributed by atoms with Crippen molar-refractivity contribution in [3.05, 3.63) is 35.9 Å². The molecule has 0 bridgehead atoms. The smallest absolute Gasteiger partial charge is 0.166 e. The second kappa shape index (κ2) is 8.12. The van der Waals surface area contributed by atoms with Gasteiger partial charge in [-0.2, -0.15) is 0 Å². The molecule has 0 spiro atoms. The predicted octanol–water partition coefficient (Wildman–Crippen LogP) is 2.81. The van der Waals surface area contributed by atoms with Crippen LogP contribution in [0.5, 0.6) is 0 Å². The minimum atomic E-state index is -0.175. The molecule has 0 aliphatic heterocycles. The summed E-state index contributed by atoms with van der Waals surface area (Å²) in [5, 5.41) is 7.24. The Labute approximate surface area is 121 Å². The highest BCUT2D eigenvalue weighted by Gasteiger charge is 2.20. The maximum Gasteiger partial charge on any atom is 0.166 e. The Morgan fingerprint density at radius 2 is 1.95 bits per heavy atom. The molecule has 0 saturated heterocycles. The van der Waals surface area contributed by atoms with Crippen LogP contribution in [-0.4, -0.2) is 24.9 Å². The van der Waals surface area contributed by atoms with Gasteiger partial charge in [0.2, 0.25) is 0 Å². The Balaban J connectivity index is 2.35. The zero-order valence-corrected chi connectivity index (χ0v) is 12.8. The average molecular weight is 280 g/mol. The Kier molecular flexibility index (Phi) is 6.81. The van der Waals surface area contributed by atoms with Crippen LogP contribution in [0, 0.1) is 0 Å². The van der Waals surface area contributed by atoms with Crippen LogP contribution in [0.25, 0.3) is 0 Å². The first kappa shape index (κ1) is 15.9. The molecule has 0 fully saturated rings. The van der Waals surface area contributed by atoms with Crippen molar-refractivity contribution in [1.29, 1.82) is 0 Å². The summed E-state index contributed by atoms with van der Waals surface area (Å²) in [6.07, 6.45) is 0.960. The van der Waals surface area contributed by atoms with Crippen molar-refractivity contribution >= 4 is 17.3 Å². The first-order chi connectivity index (χ1) is 9.06.